The van der Waals surface area contributed by atoms with Crippen LogP contribution in [0.15, 0.2) is 66.1 Å². The van der Waals surface area contributed by atoms with E-state index in [0.717, 1.165) is 11.3 Å². The Morgan fingerprint density at radius 1 is 1.12 bits per heavy atom. The lowest BCUT2D eigenvalue weighted by molar-refractivity contribution is 0.0940. The summed E-state index contributed by atoms with van der Waals surface area (Å²) < 4.78 is 24.2. The van der Waals surface area contributed by atoms with Crippen molar-refractivity contribution < 1.29 is 13.2 Å². The number of nitrogens with two attached hydrogens (primary N) is 1. The molecule has 1 aromatic heterocycles. The van der Waals surface area contributed by atoms with Gasteiger partial charge in [0, 0.05) is 5.56 Å². The standard InChI is InChI=1S/C17H17N5O3S/c1-12(13-4-8-16(9-5-13)26(18,24)25)21-17(23)14-2-6-15(7-3-14)22-11-19-10-20-22/h2-12H,1H3,(H,21,23)(H2,18,24,25). The van der Waals surface area contributed by atoms with Gasteiger partial charge in [0.15, 0.2) is 0 Å². The Labute approximate surface area is 150 Å². The Morgan fingerprint density at radius 2 is 1.77 bits per heavy atom. The third-order valence-corrected chi connectivity index (χ3v) is 4.80. The lowest BCUT2D eigenvalue weighted by Gasteiger charge is -2.15. The number of sulfonamides is 1. The second-order valence-electron chi connectivity index (χ2n) is 5.70. The largest absolute Gasteiger partial charge is 0.346 e. The number of carbonyl (C=O) groups is 1. The molecule has 0 bridgehead atoms. The van der Waals surface area contributed by atoms with Crippen molar-refractivity contribution in [1.29, 1.82) is 0 Å². The molecule has 1 unspecified atom stereocenters. The van der Waals surface area contributed by atoms with Crippen LogP contribution in [0.2, 0.25) is 0 Å². The number of amides is 1. The van der Waals surface area contributed by atoms with Crippen molar-refractivity contribution in [1.82, 2.24) is 20.1 Å². The van der Waals surface area contributed by atoms with Gasteiger partial charge in [-0.25, -0.2) is 23.2 Å². The lowest BCUT2D eigenvalue weighted by atomic mass is 10.1. The lowest BCUT2D eigenvalue weighted by Crippen LogP contribution is -2.26. The highest BCUT2D eigenvalue weighted by atomic mass is 32.2. The third kappa shape index (κ3) is 3.95. The molecule has 9 heteroatoms. The average Bonchev–Trinajstić information content (AvgIpc) is 3.16. The van der Waals surface area contributed by atoms with Crippen LogP contribution in [-0.4, -0.2) is 29.1 Å². The Balaban J connectivity index is 1.69. The van der Waals surface area contributed by atoms with E-state index in [1.165, 1.54) is 18.5 Å². The molecule has 134 valence electrons. The summed E-state index contributed by atoms with van der Waals surface area (Å²) in [6, 6.07) is 12.7. The predicted molar refractivity (Wildman–Crippen MR) is 95.1 cm³/mol. The van der Waals surface area contributed by atoms with Crippen LogP contribution < -0.4 is 10.5 Å². The topological polar surface area (TPSA) is 120 Å². The number of nitrogens with one attached hydrogen (secondary N) is 1. The molecular weight excluding hydrogens is 354 g/mol. The molecule has 2 aromatic carbocycles. The summed E-state index contributed by atoms with van der Waals surface area (Å²) >= 11 is 0. The molecule has 8 nitrogen and oxygen atoms in total. The Kier molecular flexibility index (Phi) is 4.83. The van der Waals surface area contributed by atoms with Gasteiger partial charge in [-0.3, -0.25) is 4.79 Å². The van der Waals surface area contributed by atoms with Crippen LogP contribution in [0.5, 0.6) is 0 Å². The molecule has 0 aliphatic rings. The summed E-state index contributed by atoms with van der Waals surface area (Å²) in [4.78, 5) is 16.3. The van der Waals surface area contributed by atoms with E-state index < -0.39 is 10.0 Å². The van der Waals surface area contributed by atoms with E-state index in [1.54, 1.807) is 47.4 Å². The molecule has 1 atom stereocenters. The van der Waals surface area contributed by atoms with Crippen LogP contribution in [-0.2, 0) is 10.0 Å². The van der Waals surface area contributed by atoms with Gasteiger partial charge in [0.25, 0.3) is 5.91 Å². The second kappa shape index (κ2) is 7.06. The van der Waals surface area contributed by atoms with Crippen molar-refractivity contribution in [3.05, 3.63) is 72.3 Å². The second-order valence-corrected chi connectivity index (χ2v) is 7.26. The number of nitrogens with zero attached hydrogens (tertiary/aromatic N) is 3. The van der Waals surface area contributed by atoms with Gasteiger partial charge in [-0.1, -0.05) is 12.1 Å². The summed E-state index contributed by atoms with van der Waals surface area (Å²) in [6.07, 6.45) is 3.01. The number of primary sulfonamides is 1. The average molecular weight is 371 g/mol. The van der Waals surface area contributed by atoms with E-state index in [2.05, 4.69) is 15.4 Å². The highest BCUT2D eigenvalue weighted by molar-refractivity contribution is 7.89. The van der Waals surface area contributed by atoms with Crippen molar-refractivity contribution in [2.45, 2.75) is 17.9 Å². The van der Waals surface area contributed by atoms with Gasteiger partial charge in [0.2, 0.25) is 10.0 Å². The fourth-order valence-corrected chi connectivity index (χ4v) is 2.93. The summed E-state index contributed by atoms with van der Waals surface area (Å²) in [5.74, 6) is -0.238. The zero-order chi connectivity index (χ0) is 18.7. The normalized spacial score (nSPS) is 12.5. The van der Waals surface area contributed by atoms with Crippen molar-refractivity contribution in [2.24, 2.45) is 5.14 Å². The number of carbonyl (C=O) groups excluding carboxylic acids is 1. The molecule has 1 amide bonds. The van der Waals surface area contributed by atoms with E-state index in [4.69, 9.17) is 5.14 Å². The molecule has 0 radical (unpaired) electrons. The van der Waals surface area contributed by atoms with E-state index in [-0.39, 0.29) is 16.8 Å². The highest BCUT2D eigenvalue weighted by Crippen LogP contribution is 2.16. The first-order chi connectivity index (χ1) is 12.3. The van der Waals surface area contributed by atoms with Crippen molar-refractivity contribution >= 4 is 15.9 Å². The molecule has 0 spiro atoms. The first-order valence-corrected chi connectivity index (χ1v) is 9.28. The van der Waals surface area contributed by atoms with E-state index in [0.29, 0.717) is 5.56 Å². The SMILES string of the molecule is CC(NC(=O)c1ccc(-n2cncn2)cc1)c1ccc(S(N)(=O)=O)cc1. The summed E-state index contributed by atoms with van der Waals surface area (Å²) in [5.41, 5.74) is 2.07. The molecule has 0 saturated heterocycles. The first-order valence-electron chi connectivity index (χ1n) is 7.73. The van der Waals surface area contributed by atoms with Crippen LogP contribution in [0.25, 0.3) is 5.69 Å². The minimum atomic E-state index is -3.73. The van der Waals surface area contributed by atoms with Crippen molar-refractivity contribution in [3.8, 4) is 5.69 Å². The van der Waals surface area contributed by atoms with Gasteiger partial charge in [-0.15, -0.1) is 0 Å². The monoisotopic (exact) mass is 371 g/mol. The first kappa shape index (κ1) is 17.8. The van der Waals surface area contributed by atoms with Gasteiger partial charge < -0.3 is 5.32 Å². The van der Waals surface area contributed by atoms with Crippen LogP contribution in [0.4, 0.5) is 0 Å². The third-order valence-electron chi connectivity index (χ3n) is 3.87. The molecule has 3 N–H and O–H groups in total. The zero-order valence-corrected chi connectivity index (χ0v) is 14.7. The maximum Gasteiger partial charge on any atom is 0.251 e. The van der Waals surface area contributed by atoms with Gasteiger partial charge >= 0.3 is 0 Å². The van der Waals surface area contributed by atoms with E-state index in [1.807, 2.05) is 6.92 Å². The Bertz CT molecular complexity index is 998. The molecule has 26 heavy (non-hydrogen) atoms. The van der Waals surface area contributed by atoms with Crippen LogP contribution >= 0.6 is 0 Å². The van der Waals surface area contributed by atoms with E-state index >= 15 is 0 Å². The van der Waals surface area contributed by atoms with Crippen LogP contribution in [0.1, 0.15) is 28.9 Å². The molecule has 0 fully saturated rings. The molecule has 0 aliphatic heterocycles. The Hall–Kier alpha value is -3.04. The number of hydrogen-bond acceptors (Lipinski definition) is 5. The smallest absolute Gasteiger partial charge is 0.251 e. The van der Waals surface area contributed by atoms with Crippen molar-refractivity contribution in [2.75, 3.05) is 0 Å². The van der Waals surface area contributed by atoms with Crippen molar-refractivity contribution in [3.63, 3.8) is 0 Å². The summed E-state index contributed by atoms with van der Waals surface area (Å²) in [5, 5.41) is 12.0. The zero-order valence-electron chi connectivity index (χ0n) is 13.9. The molecule has 1 heterocycles. The quantitative estimate of drug-likeness (QED) is 0.702. The van der Waals surface area contributed by atoms with Gasteiger partial charge in [-0.05, 0) is 48.9 Å². The predicted octanol–water partition coefficient (Wildman–Crippen LogP) is 1.41. The van der Waals surface area contributed by atoms with Crippen LogP contribution in [0.3, 0.4) is 0 Å². The molecule has 0 saturated carbocycles. The molecular formula is C17H17N5O3S. The van der Waals surface area contributed by atoms with Crippen LogP contribution in [0, 0.1) is 0 Å². The molecule has 3 rings (SSSR count). The minimum Gasteiger partial charge on any atom is -0.346 e. The number of aromatic nitrogens is 3. The van der Waals surface area contributed by atoms with E-state index in [9.17, 15) is 13.2 Å². The highest BCUT2D eigenvalue weighted by Gasteiger charge is 2.13. The fraction of sp³-hybridized carbons (Fsp3) is 0.118. The number of hydrogen-bond donors (Lipinski definition) is 2. The summed E-state index contributed by atoms with van der Waals surface area (Å²) in [6.45, 7) is 1.81. The number of rotatable bonds is 5. The summed E-state index contributed by atoms with van der Waals surface area (Å²) in [7, 11) is -3.73. The number of benzene rings is 2. The fourth-order valence-electron chi connectivity index (χ4n) is 2.42. The maximum atomic E-state index is 12.4. The van der Waals surface area contributed by atoms with Gasteiger partial charge in [0.1, 0.15) is 12.7 Å². The molecule has 0 aliphatic carbocycles. The van der Waals surface area contributed by atoms with Gasteiger partial charge in [0.05, 0.1) is 16.6 Å². The van der Waals surface area contributed by atoms with Gasteiger partial charge in [-0.2, -0.15) is 5.10 Å². The molecule has 3 aromatic rings. The maximum absolute atomic E-state index is 12.4. The Morgan fingerprint density at radius 3 is 2.31 bits per heavy atom. The minimum absolute atomic E-state index is 0.0310.